The quantitative estimate of drug-likeness (QED) is 0.163. The first-order valence-electron chi connectivity index (χ1n) is 14.1. The first-order chi connectivity index (χ1) is 20.6. The summed E-state index contributed by atoms with van der Waals surface area (Å²) >= 11 is 0. The van der Waals surface area contributed by atoms with Gasteiger partial charge in [0.1, 0.15) is 11.3 Å². The number of ether oxygens (including phenoxy) is 2. The Kier molecular flexibility index (Phi) is 8.98. The predicted octanol–water partition coefficient (Wildman–Crippen LogP) is 7.20. The first kappa shape index (κ1) is 30.1. The van der Waals surface area contributed by atoms with Crippen molar-refractivity contribution in [1.82, 2.24) is 14.7 Å². The fourth-order valence-corrected chi connectivity index (χ4v) is 5.51. The van der Waals surface area contributed by atoms with E-state index in [0.29, 0.717) is 30.5 Å². The number of rotatable bonds is 9. The molecular weight excluding hydrogens is 566 g/mol. The SMILES string of the molecule is CCOC(=O)C[C@H]1CC[C@H](c2ccc(-c3ccc4nc(C(=O)NCc5ccc(F)c(OC(F)(F)F)c5)cn4c3)cc2)CC1. The van der Waals surface area contributed by atoms with Gasteiger partial charge in [0.05, 0.1) is 6.61 Å². The Bertz CT molecular complexity index is 1590. The lowest BCUT2D eigenvalue weighted by atomic mass is 9.77. The summed E-state index contributed by atoms with van der Waals surface area (Å²) in [6.07, 6.45) is 3.00. The standard InChI is InChI=1S/C32H31F4N3O4/c1-2-42-30(40)16-20-3-6-22(7-4-20)23-8-10-24(11-9-23)25-12-14-29-38-27(19-39(29)18-25)31(41)37-17-21-5-13-26(33)28(15-21)43-32(34,35)36/h5,8-15,18-20,22H,2-4,6-7,16-17H2,1H3,(H,37,41)/t20-,22-. The van der Waals surface area contributed by atoms with Gasteiger partial charge in [0.2, 0.25) is 0 Å². The number of fused-ring (bicyclic) bond motifs is 1. The van der Waals surface area contributed by atoms with E-state index < -0.39 is 23.8 Å². The molecule has 43 heavy (non-hydrogen) atoms. The van der Waals surface area contributed by atoms with Crippen LogP contribution >= 0.6 is 0 Å². The Labute approximate surface area is 245 Å². The lowest BCUT2D eigenvalue weighted by molar-refractivity contribution is -0.275. The predicted molar refractivity (Wildman–Crippen MR) is 151 cm³/mol. The second-order valence-corrected chi connectivity index (χ2v) is 10.7. The molecule has 0 spiro atoms. The lowest BCUT2D eigenvalue weighted by Gasteiger charge is -2.28. The lowest BCUT2D eigenvalue weighted by Crippen LogP contribution is -2.23. The minimum atomic E-state index is -5.03. The van der Waals surface area contributed by atoms with E-state index in [4.69, 9.17) is 4.74 Å². The molecule has 4 aromatic rings. The van der Waals surface area contributed by atoms with Crippen molar-refractivity contribution in [2.75, 3.05) is 6.61 Å². The number of hydrogen-bond acceptors (Lipinski definition) is 5. The van der Waals surface area contributed by atoms with Crippen molar-refractivity contribution in [2.24, 2.45) is 5.92 Å². The topological polar surface area (TPSA) is 81.9 Å². The van der Waals surface area contributed by atoms with E-state index in [2.05, 4.69) is 39.3 Å². The third kappa shape index (κ3) is 7.71. The zero-order valence-corrected chi connectivity index (χ0v) is 23.5. The summed E-state index contributed by atoms with van der Waals surface area (Å²) in [6.45, 7) is 2.09. The minimum absolute atomic E-state index is 0.111. The summed E-state index contributed by atoms with van der Waals surface area (Å²) in [4.78, 5) is 28.9. The normalized spacial score (nSPS) is 17.0. The number of nitrogens with zero attached hydrogens (tertiary/aromatic N) is 2. The van der Waals surface area contributed by atoms with E-state index in [1.165, 1.54) is 11.6 Å². The fraction of sp³-hybridized carbons (Fsp3) is 0.344. The molecule has 0 radical (unpaired) electrons. The number of pyridine rings is 1. The third-order valence-electron chi connectivity index (χ3n) is 7.68. The van der Waals surface area contributed by atoms with Gasteiger partial charge < -0.3 is 19.2 Å². The summed E-state index contributed by atoms with van der Waals surface area (Å²) in [5, 5.41) is 2.59. The molecule has 226 valence electrons. The van der Waals surface area contributed by atoms with E-state index in [9.17, 15) is 27.2 Å². The van der Waals surface area contributed by atoms with Gasteiger partial charge in [0.15, 0.2) is 11.6 Å². The maximum Gasteiger partial charge on any atom is 0.573 e. The number of alkyl halides is 3. The number of carbonyl (C=O) groups is 2. The van der Waals surface area contributed by atoms with Crippen LogP contribution in [0.1, 0.15) is 66.6 Å². The van der Waals surface area contributed by atoms with Crippen LogP contribution in [0, 0.1) is 11.7 Å². The summed E-state index contributed by atoms with van der Waals surface area (Å²) in [7, 11) is 0. The molecule has 7 nitrogen and oxygen atoms in total. The molecule has 0 saturated heterocycles. The van der Waals surface area contributed by atoms with Crippen molar-refractivity contribution in [2.45, 2.75) is 57.9 Å². The summed E-state index contributed by atoms with van der Waals surface area (Å²) in [6, 6.07) is 15.1. The maximum absolute atomic E-state index is 13.7. The maximum atomic E-state index is 13.7. The molecule has 0 atom stereocenters. The molecule has 1 fully saturated rings. The molecule has 0 aliphatic heterocycles. The molecule has 1 N–H and O–H groups in total. The van der Waals surface area contributed by atoms with Crippen LogP contribution in [0.25, 0.3) is 16.8 Å². The first-order valence-corrected chi connectivity index (χ1v) is 14.1. The van der Waals surface area contributed by atoms with Crippen LogP contribution in [0.5, 0.6) is 5.75 Å². The number of hydrogen-bond donors (Lipinski definition) is 1. The van der Waals surface area contributed by atoms with Crippen LogP contribution in [0.3, 0.4) is 0 Å². The van der Waals surface area contributed by atoms with Gasteiger partial charge in [-0.2, -0.15) is 0 Å². The van der Waals surface area contributed by atoms with E-state index in [0.717, 1.165) is 48.9 Å². The van der Waals surface area contributed by atoms with Gasteiger partial charge in [-0.1, -0.05) is 30.3 Å². The smallest absolute Gasteiger partial charge is 0.466 e. The van der Waals surface area contributed by atoms with E-state index in [1.807, 2.05) is 19.2 Å². The highest BCUT2D eigenvalue weighted by molar-refractivity contribution is 5.92. The van der Waals surface area contributed by atoms with E-state index in [1.54, 1.807) is 16.7 Å². The Morgan fingerprint density at radius 2 is 1.70 bits per heavy atom. The second-order valence-electron chi connectivity index (χ2n) is 10.7. The number of carbonyl (C=O) groups excluding carboxylic acids is 2. The zero-order chi connectivity index (χ0) is 30.6. The highest BCUT2D eigenvalue weighted by atomic mass is 19.4. The average molecular weight is 598 g/mol. The fourth-order valence-electron chi connectivity index (χ4n) is 5.51. The van der Waals surface area contributed by atoms with Crippen molar-refractivity contribution in [1.29, 1.82) is 0 Å². The van der Waals surface area contributed by atoms with Gasteiger partial charge in [-0.3, -0.25) is 9.59 Å². The van der Waals surface area contributed by atoms with Gasteiger partial charge in [-0.15, -0.1) is 13.2 Å². The Morgan fingerprint density at radius 3 is 2.40 bits per heavy atom. The molecular formula is C32H31F4N3O4. The summed E-state index contributed by atoms with van der Waals surface area (Å²) in [5.41, 5.74) is 4.12. The largest absolute Gasteiger partial charge is 0.573 e. The Morgan fingerprint density at radius 1 is 0.977 bits per heavy atom. The number of benzene rings is 2. The van der Waals surface area contributed by atoms with Crippen molar-refractivity contribution in [3.63, 3.8) is 0 Å². The van der Waals surface area contributed by atoms with Crippen LogP contribution in [-0.4, -0.2) is 34.2 Å². The number of aromatic nitrogens is 2. The monoisotopic (exact) mass is 597 g/mol. The average Bonchev–Trinajstić information content (AvgIpc) is 3.41. The molecule has 11 heteroatoms. The molecule has 1 aliphatic carbocycles. The third-order valence-corrected chi connectivity index (χ3v) is 7.68. The molecule has 1 amide bonds. The van der Waals surface area contributed by atoms with Gasteiger partial charge in [0, 0.05) is 25.4 Å². The number of halogens is 4. The number of amides is 1. The van der Waals surface area contributed by atoms with Crippen LogP contribution in [0.15, 0.2) is 67.0 Å². The number of nitrogens with one attached hydrogen (secondary N) is 1. The van der Waals surface area contributed by atoms with E-state index in [-0.39, 0.29) is 23.8 Å². The molecule has 1 aliphatic rings. The molecule has 1 saturated carbocycles. The summed E-state index contributed by atoms with van der Waals surface area (Å²) < 4.78 is 61.7. The molecule has 0 bridgehead atoms. The van der Waals surface area contributed by atoms with Crippen LogP contribution in [-0.2, 0) is 16.1 Å². The minimum Gasteiger partial charge on any atom is -0.466 e. The van der Waals surface area contributed by atoms with Crippen molar-refractivity contribution in [3.8, 4) is 16.9 Å². The van der Waals surface area contributed by atoms with Crippen molar-refractivity contribution in [3.05, 3.63) is 89.6 Å². The second kappa shape index (κ2) is 12.8. The number of imidazole rings is 1. The van der Waals surface area contributed by atoms with Gasteiger partial charge in [-0.25, -0.2) is 9.37 Å². The molecule has 5 rings (SSSR count). The van der Waals surface area contributed by atoms with E-state index >= 15 is 0 Å². The van der Waals surface area contributed by atoms with Gasteiger partial charge >= 0.3 is 12.3 Å². The van der Waals surface area contributed by atoms with Crippen LogP contribution in [0.4, 0.5) is 17.6 Å². The molecule has 0 unspecified atom stereocenters. The van der Waals surface area contributed by atoms with Crippen LogP contribution < -0.4 is 10.1 Å². The Hall–Kier alpha value is -4.41. The van der Waals surface area contributed by atoms with Gasteiger partial charge in [0.25, 0.3) is 5.91 Å². The summed E-state index contributed by atoms with van der Waals surface area (Å²) in [5.74, 6) is -1.92. The molecule has 2 aromatic carbocycles. The van der Waals surface area contributed by atoms with Crippen molar-refractivity contribution < 1.29 is 36.6 Å². The van der Waals surface area contributed by atoms with Crippen LogP contribution in [0.2, 0.25) is 0 Å². The van der Waals surface area contributed by atoms with Crippen molar-refractivity contribution >= 4 is 17.5 Å². The zero-order valence-electron chi connectivity index (χ0n) is 23.5. The molecule has 2 aromatic heterocycles. The number of esters is 1. The highest BCUT2D eigenvalue weighted by Gasteiger charge is 2.32. The molecule has 2 heterocycles. The highest BCUT2D eigenvalue weighted by Crippen LogP contribution is 2.38. The Balaban J connectivity index is 1.20. The van der Waals surface area contributed by atoms with Gasteiger partial charge in [-0.05, 0) is 91.0 Å².